The molecule has 0 radical (unpaired) electrons. The summed E-state index contributed by atoms with van der Waals surface area (Å²) >= 11 is 5.34. The van der Waals surface area contributed by atoms with E-state index in [0.29, 0.717) is 5.69 Å². The number of aliphatic hydroxyl groups excluding tert-OH is 1. The first-order valence-corrected chi connectivity index (χ1v) is 10.1. The predicted octanol–water partition coefficient (Wildman–Crippen LogP) is 5.26. The Bertz CT molecular complexity index is 975. The van der Waals surface area contributed by atoms with Gasteiger partial charge in [-0.05, 0) is 74.1 Å². The summed E-state index contributed by atoms with van der Waals surface area (Å²) in [5, 5.41) is 17.3. The van der Waals surface area contributed by atoms with Crippen molar-refractivity contribution in [3.05, 3.63) is 48.0 Å². The Balaban J connectivity index is 1.74. The second-order valence-electron chi connectivity index (χ2n) is 8.72. The molecule has 3 rings (SSSR count). The van der Waals surface area contributed by atoms with Gasteiger partial charge in [0.1, 0.15) is 5.75 Å². The topological polar surface area (TPSA) is 56.8 Å². The lowest BCUT2D eigenvalue weighted by atomic mass is 9.67. The summed E-state index contributed by atoms with van der Waals surface area (Å²) in [6.45, 7) is 8.05. The second kappa shape index (κ2) is 7.87. The number of benzene rings is 2. The molecular weight excluding hydrogens is 427 g/mol. The van der Waals surface area contributed by atoms with Crippen molar-refractivity contribution in [2.45, 2.75) is 51.1 Å². The summed E-state index contributed by atoms with van der Waals surface area (Å²) in [6, 6.07) is 11.1. The van der Waals surface area contributed by atoms with E-state index in [4.69, 9.17) is 12.2 Å². The number of hydrogen-bond donors (Lipinski definition) is 3. The van der Waals surface area contributed by atoms with Crippen LogP contribution in [0.25, 0.3) is 0 Å². The van der Waals surface area contributed by atoms with Crippen molar-refractivity contribution in [2.24, 2.45) is 0 Å². The van der Waals surface area contributed by atoms with Crippen LogP contribution in [-0.2, 0) is 5.41 Å². The molecule has 3 N–H and O–H groups in total. The monoisotopic (exact) mass is 453 g/mol. The SMILES string of the molecule is CN1c2ccc(NC(=S)Nc3ccc(OC(F)(F)F)cc3)cc2C(C)(C)C(O)C1(C)C. The molecule has 1 atom stereocenters. The number of halogens is 3. The van der Waals surface area contributed by atoms with E-state index in [1.165, 1.54) is 24.3 Å². The molecular formula is C22H26F3N3O2S. The smallest absolute Gasteiger partial charge is 0.406 e. The van der Waals surface area contributed by atoms with E-state index in [1.807, 2.05) is 52.9 Å². The molecule has 0 saturated carbocycles. The van der Waals surface area contributed by atoms with Crippen molar-refractivity contribution in [3.8, 4) is 5.75 Å². The fourth-order valence-corrected chi connectivity index (χ4v) is 4.22. The van der Waals surface area contributed by atoms with Gasteiger partial charge in [0.2, 0.25) is 0 Å². The van der Waals surface area contributed by atoms with Crippen LogP contribution in [0.1, 0.15) is 33.3 Å². The van der Waals surface area contributed by atoms with Crippen LogP contribution in [0.2, 0.25) is 0 Å². The minimum absolute atomic E-state index is 0.285. The highest BCUT2D eigenvalue weighted by Gasteiger charge is 2.48. The van der Waals surface area contributed by atoms with Gasteiger partial charge >= 0.3 is 6.36 Å². The van der Waals surface area contributed by atoms with Crippen molar-refractivity contribution in [1.29, 1.82) is 0 Å². The highest BCUT2D eigenvalue weighted by Crippen LogP contribution is 2.47. The zero-order valence-corrected chi connectivity index (χ0v) is 18.8. The van der Waals surface area contributed by atoms with Gasteiger partial charge in [-0.3, -0.25) is 0 Å². The van der Waals surface area contributed by atoms with Crippen LogP contribution in [-0.4, -0.2) is 35.3 Å². The number of nitrogens with zero attached hydrogens (tertiary/aromatic N) is 1. The quantitative estimate of drug-likeness (QED) is 0.551. The van der Waals surface area contributed by atoms with E-state index in [2.05, 4.69) is 20.3 Å². The summed E-state index contributed by atoms with van der Waals surface area (Å²) in [6.07, 6.45) is -5.32. The van der Waals surface area contributed by atoms with Crippen LogP contribution < -0.4 is 20.3 Å². The molecule has 1 unspecified atom stereocenters. The van der Waals surface area contributed by atoms with Gasteiger partial charge in [0.25, 0.3) is 0 Å². The number of thiocarbonyl (C=S) groups is 1. The Labute approximate surface area is 185 Å². The van der Waals surface area contributed by atoms with E-state index in [1.54, 1.807) is 0 Å². The van der Waals surface area contributed by atoms with Crippen molar-refractivity contribution in [1.82, 2.24) is 0 Å². The molecule has 0 spiro atoms. The average Bonchev–Trinajstić information content (AvgIpc) is 2.66. The summed E-state index contributed by atoms with van der Waals surface area (Å²) in [4.78, 5) is 2.07. The highest BCUT2D eigenvalue weighted by molar-refractivity contribution is 7.80. The van der Waals surface area contributed by atoms with E-state index in [0.717, 1.165) is 16.9 Å². The van der Waals surface area contributed by atoms with Gasteiger partial charge in [-0.1, -0.05) is 13.8 Å². The van der Waals surface area contributed by atoms with E-state index >= 15 is 0 Å². The van der Waals surface area contributed by atoms with Gasteiger partial charge < -0.3 is 25.4 Å². The average molecular weight is 454 g/mol. The van der Waals surface area contributed by atoms with Gasteiger partial charge in [0.15, 0.2) is 5.11 Å². The number of ether oxygens (including phenoxy) is 1. The largest absolute Gasteiger partial charge is 0.573 e. The molecule has 2 aromatic carbocycles. The molecule has 0 aromatic heterocycles. The third kappa shape index (κ3) is 4.72. The van der Waals surface area contributed by atoms with Gasteiger partial charge in [-0.25, -0.2) is 0 Å². The first-order valence-electron chi connectivity index (χ1n) is 9.72. The van der Waals surface area contributed by atoms with Gasteiger partial charge in [-0.2, -0.15) is 0 Å². The van der Waals surface area contributed by atoms with Crippen LogP contribution >= 0.6 is 12.2 Å². The molecule has 1 aliphatic rings. The summed E-state index contributed by atoms with van der Waals surface area (Å²) in [5.41, 5.74) is 2.37. The van der Waals surface area contributed by atoms with E-state index < -0.39 is 23.4 Å². The maximum absolute atomic E-state index is 12.3. The first-order chi connectivity index (χ1) is 14.2. The lowest BCUT2D eigenvalue weighted by Gasteiger charge is -2.53. The molecule has 2 aromatic rings. The Morgan fingerprint density at radius 3 is 2.16 bits per heavy atom. The lowest BCUT2D eigenvalue weighted by molar-refractivity contribution is -0.274. The first kappa shape index (κ1) is 23.1. The maximum Gasteiger partial charge on any atom is 0.573 e. The Hall–Kier alpha value is -2.52. The van der Waals surface area contributed by atoms with Crippen LogP contribution in [0.4, 0.5) is 30.2 Å². The third-order valence-electron chi connectivity index (χ3n) is 5.87. The van der Waals surface area contributed by atoms with Gasteiger partial charge in [0.05, 0.1) is 11.6 Å². The van der Waals surface area contributed by atoms with Crippen molar-refractivity contribution in [3.63, 3.8) is 0 Å². The minimum Gasteiger partial charge on any atom is -0.406 e. The molecule has 5 nitrogen and oxygen atoms in total. The number of alkyl halides is 3. The number of fused-ring (bicyclic) bond motifs is 1. The molecule has 168 valence electrons. The van der Waals surface area contributed by atoms with Gasteiger partial charge in [-0.15, -0.1) is 13.2 Å². The maximum atomic E-state index is 12.3. The molecule has 31 heavy (non-hydrogen) atoms. The third-order valence-corrected chi connectivity index (χ3v) is 6.08. The van der Waals surface area contributed by atoms with Crippen LogP contribution in [0.5, 0.6) is 5.75 Å². The Kier molecular flexibility index (Phi) is 5.88. The number of aliphatic hydroxyl groups is 1. The molecule has 0 aliphatic carbocycles. The number of hydrogen-bond acceptors (Lipinski definition) is 4. The number of likely N-dealkylation sites (N-methyl/N-ethyl adjacent to an activating group) is 1. The second-order valence-corrected chi connectivity index (χ2v) is 9.13. The summed E-state index contributed by atoms with van der Waals surface area (Å²) in [5.74, 6) is -0.306. The lowest BCUT2D eigenvalue weighted by Crippen LogP contribution is -2.61. The molecule has 0 fully saturated rings. The fraction of sp³-hybridized carbons (Fsp3) is 0.409. The number of rotatable bonds is 3. The molecule has 1 aliphatic heterocycles. The number of anilines is 3. The highest BCUT2D eigenvalue weighted by atomic mass is 32.1. The molecule has 1 heterocycles. The van der Waals surface area contributed by atoms with Crippen molar-refractivity contribution >= 4 is 34.4 Å². The Morgan fingerprint density at radius 1 is 1.03 bits per heavy atom. The number of nitrogens with one attached hydrogen (secondary N) is 2. The zero-order chi connectivity index (χ0) is 23.2. The van der Waals surface area contributed by atoms with E-state index in [9.17, 15) is 18.3 Å². The van der Waals surface area contributed by atoms with Crippen LogP contribution in [0, 0.1) is 0 Å². The van der Waals surface area contributed by atoms with Crippen LogP contribution in [0.3, 0.4) is 0 Å². The zero-order valence-electron chi connectivity index (χ0n) is 18.0. The van der Waals surface area contributed by atoms with Crippen molar-refractivity contribution in [2.75, 3.05) is 22.6 Å². The minimum atomic E-state index is -4.73. The van der Waals surface area contributed by atoms with Gasteiger partial charge in [0, 0.05) is 29.5 Å². The van der Waals surface area contributed by atoms with Crippen LogP contribution in [0.15, 0.2) is 42.5 Å². The standard InChI is InChI=1S/C22H26F3N3O2S/c1-20(2)16-12-14(8-11-17(16)28(5)21(3,4)18(20)29)27-19(31)26-13-6-9-15(10-7-13)30-22(23,24)25/h6-12,18,29H,1-5H3,(H2,26,27,31). The molecule has 0 saturated heterocycles. The summed E-state index contributed by atoms with van der Waals surface area (Å²) < 4.78 is 40.7. The fourth-order valence-electron chi connectivity index (χ4n) is 3.98. The van der Waals surface area contributed by atoms with Crippen molar-refractivity contribution < 1.29 is 23.0 Å². The normalized spacial score (nSPS) is 19.4. The molecule has 0 bridgehead atoms. The molecule has 0 amide bonds. The summed E-state index contributed by atoms with van der Waals surface area (Å²) in [7, 11) is 1.96. The van der Waals surface area contributed by atoms with E-state index in [-0.39, 0.29) is 10.9 Å². The molecule has 9 heteroatoms. The predicted molar refractivity (Wildman–Crippen MR) is 121 cm³/mol. The Morgan fingerprint density at radius 2 is 1.58 bits per heavy atom.